The molecule has 0 saturated heterocycles. The van der Waals surface area contributed by atoms with E-state index in [1.807, 2.05) is 20.8 Å². The van der Waals surface area contributed by atoms with Gasteiger partial charge in [0.05, 0.1) is 27.9 Å². The number of phenols is 1. The highest BCUT2D eigenvalue weighted by molar-refractivity contribution is 6.17. The summed E-state index contributed by atoms with van der Waals surface area (Å²) in [5.74, 6) is 1.15. The summed E-state index contributed by atoms with van der Waals surface area (Å²) in [6, 6.07) is 6.52. The van der Waals surface area contributed by atoms with Crippen LogP contribution in [0.1, 0.15) is 36.7 Å². The predicted octanol–water partition coefficient (Wildman–Crippen LogP) is 4.62. The Morgan fingerprint density at radius 1 is 0.933 bits per heavy atom. The third-order valence-corrected chi connectivity index (χ3v) is 4.35. The molecule has 1 N–H and O–H groups in total. The molecule has 3 aromatic rings. The second-order valence-corrected chi connectivity index (χ2v) is 5.87. The van der Waals surface area contributed by atoms with Gasteiger partial charge in [-0.05, 0) is 36.6 Å². The maximum Gasteiger partial charge on any atom is 0.203 e. The Morgan fingerprint density at radius 2 is 1.57 bits per heavy atom. The number of pyridine rings is 1. The van der Waals surface area contributed by atoms with Crippen LogP contribution in [-0.4, -0.2) is 43.8 Å². The Balaban J connectivity index is 0.00000155. The van der Waals surface area contributed by atoms with Crippen LogP contribution in [-0.2, 0) is 0 Å². The van der Waals surface area contributed by atoms with Gasteiger partial charge in [-0.15, -0.1) is 0 Å². The zero-order valence-corrected chi connectivity index (χ0v) is 18.1. The van der Waals surface area contributed by atoms with Gasteiger partial charge in [-0.1, -0.05) is 13.8 Å². The first-order valence-corrected chi connectivity index (χ1v) is 9.62. The lowest BCUT2D eigenvalue weighted by Crippen LogP contribution is -2.05. The van der Waals surface area contributed by atoms with Crippen LogP contribution >= 0.6 is 0 Å². The third kappa shape index (κ3) is 4.25. The Hall–Kier alpha value is -3.48. The van der Waals surface area contributed by atoms with Crippen molar-refractivity contribution in [3.63, 3.8) is 0 Å². The number of aromatic hydroxyl groups is 1. The average Bonchev–Trinajstić information content (AvgIpc) is 2.80. The summed E-state index contributed by atoms with van der Waals surface area (Å²) in [4.78, 5) is 17.3. The molecule has 7 nitrogen and oxygen atoms in total. The number of ketones is 1. The van der Waals surface area contributed by atoms with Crippen molar-refractivity contribution in [2.24, 2.45) is 0 Å². The fraction of sp³-hybridized carbons (Fsp3) is 0.304. The Kier molecular flexibility index (Phi) is 7.86. The number of fused-ring (bicyclic) bond motifs is 1. The molecule has 0 bridgehead atoms. The van der Waals surface area contributed by atoms with Crippen LogP contribution in [0.5, 0.6) is 28.7 Å². The van der Waals surface area contributed by atoms with Crippen molar-refractivity contribution < 1.29 is 28.8 Å². The summed E-state index contributed by atoms with van der Waals surface area (Å²) < 4.78 is 21.4. The van der Waals surface area contributed by atoms with E-state index in [-0.39, 0.29) is 11.5 Å². The number of phenolic OH excluding ortho intramolecular Hbond substituents is 1. The highest BCUT2D eigenvalue weighted by Gasteiger charge is 2.21. The smallest absolute Gasteiger partial charge is 0.203 e. The molecule has 0 aliphatic rings. The van der Waals surface area contributed by atoms with Crippen LogP contribution < -0.4 is 18.9 Å². The van der Waals surface area contributed by atoms with E-state index in [1.54, 1.807) is 24.3 Å². The summed E-state index contributed by atoms with van der Waals surface area (Å²) in [6.07, 6.45) is 2.97. The summed E-state index contributed by atoms with van der Waals surface area (Å²) >= 11 is 0. The van der Waals surface area contributed by atoms with E-state index in [2.05, 4.69) is 4.98 Å². The largest absolute Gasteiger partial charge is 0.504 e. The summed E-state index contributed by atoms with van der Waals surface area (Å²) in [7, 11) is 4.46. The molecule has 2 aromatic carbocycles. The van der Waals surface area contributed by atoms with Crippen molar-refractivity contribution in [3.8, 4) is 28.7 Å². The highest BCUT2D eigenvalue weighted by Crippen LogP contribution is 2.40. The lowest BCUT2D eigenvalue weighted by molar-refractivity contribution is 0.103. The number of hydrogen-bond donors (Lipinski definition) is 1. The van der Waals surface area contributed by atoms with Crippen LogP contribution in [0, 0.1) is 0 Å². The molecular formula is C23H27NO6. The van der Waals surface area contributed by atoms with Crippen molar-refractivity contribution in [2.45, 2.75) is 20.8 Å². The Morgan fingerprint density at radius 3 is 2.10 bits per heavy atom. The van der Waals surface area contributed by atoms with Crippen LogP contribution in [0.4, 0.5) is 0 Å². The van der Waals surface area contributed by atoms with E-state index < -0.39 is 0 Å². The van der Waals surface area contributed by atoms with Crippen LogP contribution in [0.3, 0.4) is 0 Å². The van der Waals surface area contributed by atoms with E-state index in [9.17, 15) is 9.90 Å². The second kappa shape index (κ2) is 10.3. The topological polar surface area (TPSA) is 87.1 Å². The second-order valence-electron chi connectivity index (χ2n) is 5.87. The molecule has 0 aliphatic carbocycles. The first kappa shape index (κ1) is 22.8. The van der Waals surface area contributed by atoms with E-state index in [0.717, 1.165) is 0 Å². The van der Waals surface area contributed by atoms with Crippen molar-refractivity contribution in [3.05, 3.63) is 47.8 Å². The molecule has 0 saturated carbocycles. The van der Waals surface area contributed by atoms with Crippen molar-refractivity contribution in [1.82, 2.24) is 4.98 Å². The maximum absolute atomic E-state index is 13.2. The van der Waals surface area contributed by atoms with Gasteiger partial charge in [0.1, 0.15) is 0 Å². The minimum absolute atomic E-state index is 0.0496. The van der Waals surface area contributed by atoms with E-state index in [4.69, 9.17) is 18.9 Å². The fourth-order valence-corrected chi connectivity index (χ4v) is 3.03. The molecule has 0 radical (unpaired) electrons. The number of benzene rings is 2. The van der Waals surface area contributed by atoms with Gasteiger partial charge in [0.15, 0.2) is 28.8 Å². The number of ether oxygens (including phenoxy) is 4. The first-order valence-electron chi connectivity index (χ1n) is 9.62. The van der Waals surface area contributed by atoms with Crippen molar-refractivity contribution >= 4 is 16.6 Å². The van der Waals surface area contributed by atoms with Crippen LogP contribution in [0.2, 0.25) is 0 Å². The van der Waals surface area contributed by atoms with Gasteiger partial charge >= 0.3 is 0 Å². The summed E-state index contributed by atoms with van der Waals surface area (Å²) in [5.41, 5.74) is 0.683. The predicted molar refractivity (Wildman–Crippen MR) is 115 cm³/mol. The molecule has 7 heteroatoms. The Bertz CT molecular complexity index is 1010. The van der Waals surface area contributed by atoms with Gasteiger partial charge in [-0.3, -0.25) is 9.78 Å². The molecule has 1 aromatic heterocycles. The monoisotopic (exact) mass is 413 g/mol. The zero-order chi connectivity index (χ0) is 22.3. The highest BCUT2D eigenvalue weighted by atomic mass is 16.5. The molecular weight excluding hydrogens is 386 g/mol. The number of hydrogen-bond acceptors (Lipinski definition) is 7. The molecule has 0 amide bonds. The van der Waals surface area contributed by atoms with Gasteiger partial charge in [-0.2, -0.15) is 0 Å². The normalized spacial score (nSPS) is 10.1. The van der Waals surface area contributed by atoms with Gasteiger partial charge in [0, 0.05) is 28.9 Å². The number of carbonyl (C=O) groups is 1. The summed E-state index contributed by atoms with van der Waals surface area (Å²) in [6.45, 7) is 6.24. The molecule has 160 valence electrons. The molecule has 30 heavy (non-hydrogen) atoms. The van der Waals surface area contributed by atoms with Crippen LogP contribution in [0.15, 0.2) is 36.7 Å². The van der Waals surface area contributed by atoms with Crippen LogP contribution in [0.25, 0.3) is 10.8 Å². The lowest BCUT2D eigenvalue weighted by Gasteiger charge is -2.14. The number of rotatable bonds is 7. The standard InChI is InChI=1S/C21H21NO6.C2H6/c1-5-28-16-7-6-13-14(10-22-11-15(13)20(16)24)19(23)12-8-17(25-2)21(27-4)18(9-12)26-3;1-2/h6-11,24H,5H2,1-4H3;1-2H3. The molecule has 0 unspecified atom stereocenters. The Labute approximate surface area is 176 Å². The van der Waals surface area contributed by atoms with Gasteiger partial charge in [0.25, 0.3) is 0 Å². The van der Waals surface area contributed by atoms with Crippen molar-refractivity contribution in [1.29, 1.82) is 0 Å². The molecule has 1 heterocycles. The number of aromatic nitrogens is 1. The average molecular weight is 413 g/mol. The van der Waals surface area contributed by atoms with E-state index in [1.165, 1.54) is 33.7 Å². The number of carbonyl (C=O) groups excluding carboxylic acids is 1. The summed E-state index contributed by atoms with van der Waals surface area (Å²) in [5, 5.41) is 11.5. The zero-order valence-electron chi connectivity index (χ0n) is 18.1. The fourth-order valence-electron chi connectivity index (χ4n) is 3.03. The number of methoxy groups -OCH3 is 3. The number of nitrogens with zero attached hydrogens (tertiary/aromatic N) is 1. The van der Waals surface area contributed by atoms with Gasteiger partial charge in [-0.25, -0.2) is 0 Å². The van der Waals surface area contributed by atoms with E-state index in [0.29, 0.717) is 51.5 Å². The molecule has 0 spiro atoms. The lowest BCUT2D eigenvalue weighted by atomic mass is 9.98. The quantitative estimate of drug-likeness (QED) is 0.565. The minimum Gasteiger partial charge on any atom is -0.504 e. The third-order valence-electron chi connectivity index (χ3n) is 4.35. The van der Waals surface area contributed by atoms with E-state index >= 15 is 0 Å². The maximum atomic E-state index is 13.2. The van der Waals surface area contributed by atoms with Gasteiger partial charge < -0.3 is 24.1 Å². The minimum atomic E-state index is -0.291. The molecule has 0 aliphatic heterocycles. The SMILES string of the molecule is CC.CCOc1ccc2c(C(=O)c3cc(OC)c(OC)c(OC)c3)cncc2c1O. The van der Waals surface area contributed by atoms with Gasteiger partial charge in [0.2, 0.25) is 5.75 Å². The van der Waals surface area contributed by atoms with Crippen molar-refractivity contribution in [2.75, 3.05) is 27.9 Å². The first-order chi connectivity index (χ1) is 14.5. The molecule has 3 rings (SSSR count). The molecule has 0 fully saturated rings. The molecule has 0 atom stereocenters.